The van der Waals surface area contributed by atoms with Crippen LogP contribution in [0.3, 0.4) is 0 Å². The molecule has 0 unspecified atom stereocenters. The first-order chi connectivity index (χ1) is 8.22. The summed E-state index contributed by atoms with van der Waals surface area (Å²) in [5.41, 5.74) is 0. The molecule has 0 aromatic carbocycles. The van der Waals surface area contributed by atoms with Crippen LogP contribution in [0.2, 0.25) is 0 Å². The van der Waals surface area contributed by atoms with Crippen LogP contribution in [0.4, 0.5) is 4.79 Å². The van der Waals surface area contributed by atoms with E-state index in [1.165, 1.54) is 0 Å². The molecule has 5 nitrogen and oxygen atoms in total. The highest BCUT2D eigenvalue weighted by molar-refractivity contribution is 5.74. The lowest BCUT2D eigenvalue weighted by Crippen LogP contribution is -2.44. The largest absolute Gasteiger partial charge is 0.393 e. The van der Waals surface area contributed by atoms with Crippen molar-refractivity contribution in [3.63, 3.8) is 0 Å². The number of urea groups is 1. The third kappa shape index (κ3) is 6.48. The fraction of sp³-hybridized carbons (Fsp3) is 0.917. The van der Waals surface area contributed by atoms with E-state index in [1.807, 2.05) is 6.92 Å². The Kier molecular flexibility index (Phi) is 6.96. The van der Waals surface area contributed by atoms with Gasteiger partial charge < -0.3 is 20.5 Å². The summed E-state index contributed by atoms with van der Waals surface area (Å²) in [6, 6.07) is 0.105. The van der Waals surface area contributed by atoms with Crippen LogP contribution in [0.25, 0.3) is 0 Å². The van der Waals surface area contributed by atoms with E-state index in [4.69, 9.17) is 4.74 Å². The van der Waals surface area contributed by atoms with Crippen LogP contribution in [-0.4, -0.2) is 43.0 Å². The molecule has 0 heterocycles. The molecule has 0 radical (unpaired) electrons. The molecule has 0 bridgehead atoms. The van der Waals surface area contributed by atoms with Crippen molar-refractivity contribution in [1.29, 1.82) is 0 Å². The molecular weight excluding hydrogens is 220 g/mol. The molecule has 5 heteroatoms. The van der Waals surface area contributed by atoms with E-state index in [0.29, 0.717) is 13.2 Å². The summed E-state index contributed by atoms with van der Waals surface area (Å²) in [4.78, 5) is 11.5. The first kappa shape index (κ1) is 14.3. The van der Waals surface area contributed by atoms with Crippen LogP contribution in [0.5, 0.6) is 0 Å². The van der Waals surface area contributed by atoms with Gasteiger partial charge >= 0.3 is 6.03 Å². The van der Waals surface area contributed by atoms with Gasteiger partial charge in [0.05, 0.1) is 6.10 Å². The lowest BCUT2D eigenvalue weighted by Gasteiger charge is -2.26. The van der Waals surface area contributed by atoms with E-state index < -0.39 is 0 Å². The summed E-state index contributed by atoms with van der Waals surface area (Å²) in [6.45, 7) is 4.00. The Balaban J connectivity index is 2.00. The highest BCUT2D eigenvalue weighted by Crippen LogP contribution is 2.17. The highest BCUT2D eigenvalue weighted by Gasteiger charge is 2.20. The molecule has 1 saturated carbocycles. The third-order valence-electron chi connectivity index (χ3n) is 2.99. The summed E-state index contributed by atoms with van der Waals surface area (Å²) in [7, 11) is 0. The van der Waals surface area contributed by atoms with Gasteiger partial charge in [-0.2, -0.15) is 0 Å². The first-order valence-corrected chi connectivity index (χ1v) is 6.52. The predicted octanol–water partition coefficient (Wildman–Crippen LogP) is 1.02. The molecule has 0 saturated heterocycles. The normalized spacial score (nSPS) is 24.4. The van der Waals surface area contributed by atoms with Gasteiger partial charge in [0, 0.05) is 25.8 Å². The standard InChI is InChI=1S/C12H24N2O3/c1-2-17-9-3-8-13-12(16)14-10-4-6-11(15)7-5-10/h10-11,15H,2-9H2,1H3,(H2,13,14,16). The molecule has 1 fully saturated rings. The quantitative estimate of drug-likeness (QED) is 0.611. The molecule has 0 atom stereocenters. The number of nitrogens with one attached hydrogen (secondary N) is 2. The van der Waals surface area contributed by atoms with Crippen molar-refractivity contribution in [3.8, 4) is 0 Å². The molecule has 0 aromatic rings. The zero-order valence-corrected chi connectivity index (χ0v) is 10.6. The molecule has 0 aromatic heterocycles. The second-order valence-electron chi connectivity index (χ2n) is 4.46. The zero-order valence-electron chi connectivity index (χ0n) is 10.6. The number of aliphatic hydroxyl groups is 1. The van der Waals surface area contributed by atoms with Crippen molar-refractivity contribution in [1.82, 2.24) is 10.6 Å². The van der Waals surface area contributed by atoms with Crippen LogP contribution in [0.15, 0.2) is 0 Å². The van der Waals surface area contributed by atoms with Gasteiger partial charge in [-0.25, -0.2) is 4.79 Å². The van der Waals surface area contributed by atoms with Gasteiger partial charge in [-0.15, -0.1) is 0 Å². The summed E-state index contributed by atoms with van der Waals surface area (Å²) in [5.74, 6) is 0. The van der Waals surface area contributed by atoms with E-state index in [0.717, 1.165) is 38.7 Å². The number of carbonyl (C=O) groups is 1. The first-order valence-electron chi connectivity index (χ1n) is 6.52. The van der Waals surface area contributed by atoms with Crippen molar-refractivity contribution in [2.24, 2.45) is 0 Å². The second kappa shape index (κ2) is 8.31. The predicted molar refractivity (Wildman–Crippen MR) is 65.9 cm³/mol. The number of rotatable bonds is 6. The van der Waals surface area contributed by atoms with Gasteiger partial charge in [0.2, 0.25) is 0 Å². The number of amides is 2. The summed E-state index contributed by atoms with van der Waals surface area (Å²) < 4.78 is 5.18. The Labute approximate surface area is 103 Å². The Bertz CT molecular complexity index is 216. The van der Waals surface area contributed by atoms with Crippen LogP contribution in [0, 0.1) is 0 Å². The minimum atomic E-state index is -0.178. The molecule has 3 N–H and O–H groups in total. The summed E-state index contributed by atoms with van der Waals surface area (Å²) in [6.07, 6.45) is 3.97. The molecule has 1 aliphatic carbocycles. The Morgan fingerprint density at radius 3 is 2.71 bits per heavy atom. The zero-order chi connectivity index (χ0) is 12.5. The van der Waals surface area contributed by atoms with Gasteiger partial charge in [-0.1, -0.05) is 0 Å². The Hall–Kier alpha value is -0.810. The van der Waals surface area contributed by atoms with Crippen LogP contribution in [0.1, 0.15) is 39.0 Å². The molecule has 0 spiro atoms. The molecule has 1 rings (SSSR count). The minimum absolute atomic E-state index is 0.108. The van der Waals surface area contributed by atoms with E-state index in [1.54, 1.807) is 0 Å². The molecule has 100 valence electrons. The van der Waals surface area contributed by atoms with Crippen molar-refractivity contribution in [3.05, 3.63) is 0 Å². The lowest BCUT2D eigenvalue weighted by atomic mass is 9.93. The average Bonchev–Trinajstić information content (AvgIpc) is 2.32. The van der Waals surface area contributed by atoms with Crippen molar-refractivity contribution in [2.75, 3.05) is 19.8 Å². The van der Waals surface area contributed by atoms with E-state index in [-0.39, 0.29) is 18.2 Å². The van der Waals surface area contributed by atoms with Crippen LogP contribution in [-0.2, 0) is 4.74 Å². The van der Waals surface area contributed by atoms with E-state index >= 15 is 0 Å². The molecule has 0 aliphatic heterocycles. The Morgan fingerprint density at radius 2 is 2.06 bits per heavy atom. The minimum Gasteiger partial charge on any atom is -0.393 e. The number of carbonyl (C=O) groups excluding carboxylic acids is 1. The maximum Gasteiger partial charge on any atom is 0.315 e. The summed E-state index contributed by atoms with van der Waals surface area (Å²) in [5, 5.41) is 15.1. The molecule has 2 amide bonds. The SMILES string of the molecule is CCOCCCNC(=O)NC1CCC(O)CC1. The smallest absolute Gasteiger partial charge is 0.315 e. The molecule has 17 heavy (non-hydrogen) atoms. The van der Waals surface area contributed by atoms with Gasteiger partial charge in [-0.05, 0) is 39.0 Å². The summed E-state index contributed by atoms with van der Waals surface area (Å²) >= 11 is 0. The van der Waals surface area contributed by atoms with Crippen LogP contribution >= 0.6 is 0 Å². The maximum absolute atomic E-state index is 11.5. The van der Waals surface area contributed by atoms with Crippen molar-refractivity contribution < 1.29 is 14.6 Å². The highest BCUT2D eigenvalue weighted by atomic mass is 16.5. The van der Waals surface area contributed by atoms with Crippen LogP contribution < -0.4 is 10.6 Å². The number of aliphatic hydroxyl groups excluding tert-OH is 1. The van der Waals surface area contributed by atoms with Gasteiger partial charge in [0.25, 0.3) is 0 Å². The van der Waals surface area contributed by atoms with Gasteiger partial charge in [0.1, 0.15) is 0 Å². The monoisotopic (exact) mass is 244 g/mol. The number of hydrogen-bond acceptors (Lipinski definition) is 3. The lowest BCUT2D eigenvalue weighted by molar-refractivity contribution is 0.117. The fourth-order valence-electron chi connectivity index (χ4n) is 1.98. The van der Waals surface area contributed by atoms with Crippen molar-refractivity contribution in [2.45, 2.75) is 51.2 Å². The third-order valence-corrected chi connectivity index (χ3v) is 2.99. The fourth-order valence-corrected chi connectivity index (χ4v) is 1.98. The molecular formula is C12H24N2O3. The maximum atomic E-state index is 11.5. The Morgan fingerprint density at radius 1 is 1.35 bits per heavy atom. The second-order valence-corrected chi connectivity index (χ2v) is 4.46. The number of ether oxygens (including phenoxy) is 1. The van der Waals surface area contributed by atoms with Gasteiger partial charge in [0.15, 0.2) is 0 Å². The van der Waals surface area contributed by atoms with E-state index in [2.05, 4.69) is 10.6 Å². The van der Waals surface area contributed by atoms with Gasteiger partial charge in [-0.3, -0.25) is 0 Å². The van der Waals surface area contributed by atoms with E-state index in [9.17, 15) is 9.90 Å². The van der Waals surface area contributed by atoms with Crippen molar-refractivity contribution >= 4 is 6.03 Å². The number of hydrogen-bond donors (Lipinski definition) is 3. The average molecular weight is 244 g/mol. The molecule has 1 aliphatic rings. The topological polar surface area (TPSA) is 70.6 Å².